The Morgan fingerprint density at radius 1 is 1.16 bits per heavy atom. The number of nitrogens with one attached hydrogen (secondary N) is 1. The van der Waals surface area contributed by atoms with Crippen molar-refractivity contribution >= 4 is 56.8 Å². The summed E-state index contributed by atoms with van der Waals surface area (Å²) in [6.45, 7) is 0. The molecule has 1 aliphatic heterocycles. The monoisotopic (exact) mass is 416 g/mol. The van der Waals surface area contributed by atoms with Crippen molar-refractivity contribution in [3.05, 3.63) is 64.1 Å². The lowest BCUT2D eigenvalue weighted by molar-refractivity contribution is -0.122. The number of rotatable bonds is 3. The highest BCUT2D eigenvalue weighted by Crippen LogP contribution is 2.24. The maximum atomic E-state index is 12.9. The second-order valence-electron chi connectivity index (χ2n) is 5.21. The maximum Gasteiger partial charge on any atom is 0.270 e. The quantitative estimate of drug-likeness (QED) is 0.473. The van der Waals surface area contributed by atoms with Crippen molar-refractivity contribution in [2.45, 2.75) is 0 Å². The van der Waals surface area contributed by atoms with E-state index in [0.29, 0.717) is 17.0 Å². The van der Waals surface area contributed by atoms with Crippen LogP contribution < -0.4 is 15.0 Å². The Balaban J connectivity index is 2.00. The van der Waals surface area contributed by atoms with E-state index in [0.717, 1.165) is 4.47 Å². The first-order valence-corrected chi connectivity index (χ1v) is 8.51. The first kappa shape index (κ1) is 17.3. The van der Waals surface area contributed by atoms with Crippen molar-refractivity contribution < 1.29 is 14.3 Å². The van der Waals surface area contributed by atoms with Crippen molar-refractivity contribution in [2.75, 3.05) is 12.0 Å². The number of ether oxygens (including phenoxy) is 1. The van der Waals surface area contributed by atoms with Crippen LogP contribution in [0.15, 0.2) is 58.6 Å². The lowest BCUT2D eigenvalue weighted by Gasteiger charge is -2.29. The van der Waals surface area contributed by atoms with Crippen molar-refractivity contribution in [3.63, 3.8) is 0 Å². The van der Waals surface area contributed by atoms with Crippen molar-refractivity contribution in [1.82, 2.24) is 5.32 Å². The van der Waals surface area contributed by atoms with E-state index in [2.05, 4.69) is 21.2 Å². The van der Waals surface area contributed by atoms with Crippen LogP contribution >= 0.6 is 28.1 Å². The highest BCUT2D eigenvalue weighted by molar-refractivity contribution is 9.10. The molecule has 1 aliphatic rings. The molecule has 25 heavy (non-hydrogen) atoms. The van der Waals surface area contributed by atoms with Crippen LogP contribution in [0.1, 0.15) is 5.56 Å². The molecule has 2 aromatic carbocycles. The fraction of sp³-hybridized carbons (Fsp3) is 0.0556. The number of carbonyl (C=O) groups is 2. The molecule has 0 aromatic heterocycles. The molecule has 3 rings (SSSR count). The van der Waals surface area contributed by atoms with Gasteiger partial charge in [0.05, 0.1) is 12.8 Å². The number of methoxy groups -OCH3 is 1. The predicted octanol–water partition coefficient (Wildman–Crippen LogP) is 3.29. The van der Waals surface area contributed by atoms with E-state index < -0.39 is 11.8 Å². The summed E-state index contributed by atoms with van der Waals surface area (Å²) in [5, 5.41) is 2.61. The number of halogens is 1. The normalized spacial score (nSPS) is 16.2. The van der Waals surface area contributed by atoms with Crippen LogP contribution in [0.2, 0.25) is 0 Å². The first-order chi connectivity index (χ1) is 12.0. The van der Waals surface area contributed by atoms with E-state index in [1.165, 1.54) is 11.0 Å². The van der Waals surface area contributed by atoms with E-state index in [4.69, 9.17) is 17.0 Å². The fourth-order valence-electron chi connectivity index (χ4n) is 2.38. The summed E-state index contributed by atoms with van der Waals surface area (Å²) in [6, 6.07) is 14.2. The lowest BCUT2D eigenvalue weighted by Crippen LogP contribution is -2.54. The minimum absolute atomic E-state index is 0.00442. The van der Waals surface area contributed by atoms with Crippen LogP contribution in [0, 0.1) is 0 Å². The second-order valence-corrected chi connectivity index (χ2v) is 6.51. The zero-order valence-electron chi connectivity index (χ0n) is 13.2. The molecule has 1 saturated heterocycles. The fourth-order valence-corrected chi connectivity index (χ4v) is 2.93. The van der Waals surface area contributed by atoms with Crippen molar-refractivity contribution in [1.29, 1.82) is 0 Å². The summed E-state index contributed by atoms with van der Waals surface area (Å²) >= 11 is 8.52. The third kappa shape index (κ3) is 3.62. The Hall–Kier alpha value is -2.51. The molecule has 5 nitrogen and oxygen atoms in total. The number of thiocarbonyl (C=S) groups is 1. The summed E-state index contributed by atoms with van der Waals surface area (Å²) in [5.74, 6) is -0.358. The van der Waals surface area contributed by atoms with Gasteiger partial charge in [-0.15, -0.1) is 0 Å². The van der Waals surface area contributed by atoms with E-state index in [-0.39, 0.29) is 10.7 Å². The Morgan fingerprint density at radius 2 is 1.88 bits per heavy atom. The summed E-state index contributed by atoms with van der Waals surface area (Å²) in [7, 11) is 1.55. The van der Waals surface area contributed by atoms with Gasteiger partial charge in [0, 0.05) is 4.47 Å². The molecule has 126 valence electrons. The standard InChI is InChI=1S/C18H13BrN2O3S/c1-24-14-4-2-3-11(9-14)10-15-16(22)20-18(25)21(17(15)23)13-7-5-12(19)6-8-13/h2-10H,1H3,(H,20,22,25)/b15-10-. The predicted molar refractivity (Wildman–Crippen MR) is 103 cm³/mol. The average molecular weight is 417 g/mol. The molecule has 0 saturated carbocycles. The molecular formula is C18H13BrN2O3S. The molecule has 2 amide bonds. The molecule has 1 fully saturated rings. The SMILES string of the molecule is COc1cccc(/C=C2/C(=O)NC(=S)N(c3ccc(Br)cc3)C2=O)c1. The van der Waals surface area contributed by atoms with Gasteiger partial charge in [0.25, 0.3) is 11.8 Å². The molecule has 2 aromatic rings. The smallest absolute Gasteiger partial charge is 0.270 e. The molecular weight excluding hydrogens is 404 g/mol. The molecule has 0 bridgehead atoms. The third-order valence-electron chi connectivity index (χ3n) is 3.59. The highest BCUT2D eigenvalue weighted by Gasteiger charge is 2.34. The van der Waals surface area contributed by atoms with Crippen LogP contribution in [0.25, 0.3) is 6.08 Å². The van der Waals surface area contributed by atoms with Crippen molar-refractivity contribution in [2.24, 2.45) is 0 Å². The van der Waals surface area contributed by atoms with Crippen LogP contribution in [-0.2, 0) is 9.59 Å². The topological polar surface area (TPSA) is 58.6 Å². The number of carbonyl (C=O) groups excluding carboxylic acids is 2. The number of hydrogen-bond acceptors (Lipinski definition) is 4. The van der Waals surface area contributed by atoms with Gasteiger partial charge in [-0.2, -0.15) is 0 Å². The molecule has 1 heterocycles. The molecule has 7 heteroatoms. The number of amides is 2. The average Bonchev–Trinajstić information content (AvgIpc) is 2.60. The zero-order chi connectivity index (χ0) is 18.0. The van der Waals surface area contributed by atoms with E-state index in [1.807, 2.05) is 0 Å². The van der Waals surface area contributed by atoms with Crippen molar-refractivity contribution in [3.8, 4) is 5.75 Å². The lowest BCUT2D eigenvalue weighted by atomic mass is 10.1. The number of benzene rings is 2. The number of nitrogens with zero attached hydrogens (tertiary/aromatic N) is 1. The molecule has 0 unspecified atom stereocenters. The second kappa shape index (κ2) is 7.16. The highest BCUT2D eigenvalue weighted by atomic mass is 79.9. The largest absolute Gasteiger partial charge is 0.497 e. The Morgan fingerprint density at radius 3 is 2.56 bits per heavy atom. The van der Waals surface area contributed by atoms with Gasteiger partial charge in [-0.25, -0.2) is 0 Å². The van der Waals surface area contributed by atoms with E-state index in [9.17, 15) is 9.59 Å². The summed E-state index contributed by atoms with van der Waals surface area (Å²) in [4.78, 5) is 26.4. The van der Waals surface area contributed by atoms with Gasteiger partial charge < -0.3 is 4.74 Å². The van der Waals surface area contributed by atoms with Gasteiger partial charge >= 0.3 is 0 Å². The minimum atomic E-state index is -0.522. The third-order valence-corrected chi connectivity index (χ3v) is 4.40. The van der Waals surface area contributed by atoms with E-state index >= 15 is 0 Å². The summed E-state index contributed by atoms with van der Waals surface area (Å²) in [5.41, 5.74) is 1.26. The molecule has 0 aliphatic carbocycles. The maximum absolute atomic E-state index is 12.9. The zero-order valence-corrected chi connectivity index (χ0v) is 15.6. The van der Waals surface area contributed by atoms with Gasteiger partial charge in [-0.1, -0.05) is 28.1 Å². The first-order valence-electron chi connectivity index (χ1n) is 7.30. The van der Waals surface area contributed by atoms with Gasteiger partial charge in [0.15, 0.2) is 5.11 Å². The molecule has 0 spiro atoms. The van der Waals surface area contributed by atoms with Gasteiger partial charge in [0.2, 0.25) is 0 Å². The summed E-state index contributed by atoms with van der Waals surface area (Å²) in [6.07, 6.45) is 1.52. The van der Waals surface area contributed by atoms with E-state index in [1.54, 1.807) is 55.6 Å². The minimum Gasteiger partial charge on any atom is -0.497 e. The van der Waals surface area contributed by atoms with Gasteiger partial charge in [-0.3, -0.25) is 19.8 Å². The van der Waals surface area contributed by atoms with Gasteiger partial charge in [0.1, 0.15) is 11.3 Å². The molecule has 0 atom stereocenters. The molecule has 0 radical (unpaired) electrons. The number of anilines is 1. The van der Waals surface area contributed by atoms with Crippen LogP contribution in [0.3, 0.4) is 0 Å². The number of hydrogen-bond donors (Lipinski definition) is 1. The Labute approximate surface area is 158 Å². The summed E-state index contributed by atoms with van der Waals surface area (Å²) < 4.78 is 6.04. The Kier molecular flexibility index (Phi) is 4.96. The molecule has 1 N–H and O–H groups in total. The van der Waals surface area contributed by atoms with Crippen LogP contribution in [-0.4, -0.2) is 24.0 Å². The Bertz CT molecular complexity index is 893. The van der Waals surface area contributed by atoms with Crippen LogP contribution in [0.4, 0.5) is 5.69 Å². The van der Waals surface area contributed by atoms with Crippen LogP contribution in [0.5, 0.6) is 5.75 Å². The van der Waals surface area contributed by atoms with Gasteiger partial charge in [-0.05, 0) is 60.3 Å².